The van der Waals surface area contributed by atoms with Gasteiger partial charge in [0.05, 0.1) is 18.3 Å². The number of rotatable bonds is 5. The van der Waals surface area contributed by atoms with Gasteiger partial charge in [-0.15, -0.1) is 0 Å². The van der Waals surface area contributed by atoms with Crippen LogP contribution in [0.5, 0.6) is 0 Å². The van der Waals surface area contributed by atoms with E-state index in [0.29, 0.717) is 6.61 Å². The number of nitrogens with zero attached hydrogens (tertiary/aromatic N) is 2. The number of hydrogen-bond donors (Lipinski definition) is 1. The summed E-state index contributed by atoms with van der Waals surface area (Å²) in [6.45, 7) is 1.39. The minimum atomic E-state index is 0.631. The molecule has 0 aliphatic rings. The smallest absolute Gasteiger partial charge is 0.0713 e. The maximum atomic E-state index is 5.15. The maximum Gasteiger partial charge on any atom is 0.0713 e. The number of fused-ring (bicyclic) bond motifs is 1. The molecule has 3 aromatic rings. The third-order valence-corrected chi connectivity index (χ3v) is 3.23. The zero-order valence-electron chi connectivity index (χ0n) is 11.4. The van der Waals surface area contributed by atoms with Crippen LogP contribution >= 0.6 is 0 Å². The first-order valence-electron chi connectivity index (χ1n) is 6.60. The van der Waals surface area contributed by atoms with Gasteiger partial charge in [-0.05, 0) is 29.8 Å². The zero-order valence-corrected chi connectivity index (χ0v) is 11.4. The molecule has 4 nitrogen and oxygen atoms in total. The Morgan fingerprint density at radius 1 is 1.20 bits per heavy atom. The van der Waals surface area contributed by atoms with Gasteiger partial charge >= 0.3 is 0 Å². The normalized spacial score (nSPS) is 10.8. The Balaban J connectivity index is 1.74. The Morgan fingerprint density at radius 2 is 2.15 bits per heavy atom. The summed E-state index contributed by atoms with van der Waals surface area (Å²) in [4.78, 5) is 0. The highest BCUT2D eigenvalue weighted by Crippen LogP contribution is 2.15. The molecule has 0 bridgehead atoms. The van der Waals surface area contributed by atoms with Crippen molar-refractivity contribution in [3.63, 3.8) is 0 Å². The van der Waals surface area contributed by atoms with Crippen molar-refractivity contribution in [1.82, 2.24) is 9.61 Å². The van der Waals surface area contributed by atoms with Crippen molar-refractivity contribution in [2.24, 2.45) is 0 Å². The molecule has 0 aliphatic heterocycles. The lowest BCUT2D eigenvalue weighted by Gasteiger charge is -2.07. The Labute approximate surface area is 118 Å². The Bertz CT molecular complexity index is 706. The van der Waals surface area contributed by atoms with Crippen molar-refractivity contribution < 1.29 is 4.74 Å². The quantitative estimate of drug-likeness (QED) is 0.772. The predicted octanol–water partition coefficient (Wildman–Crippen LogP) is 3.09. The predicted molar refractivity (Wildman–Crippen MR) is 79.7 cm³/mol. The SMILES string of the molecule is COCc1cccc(NCc2cnn3ccccc23)c1. The average Bonchev–Trinajstić information content (AvgIpc) is 2.89. The van der Waals surface area contributed by atoms with Crippen molar-refractivity contribution >= 4 is 11.2 Å². The van der Waals surface area contributed by atoms with E-state index in [0.717, 1.165) is 23.3 Å². The molecular formula is C16H17N3O. The van der Waals surface area contributed by atoms with Gasteiger partial charge in [0.15, 0.2) is 0 Å². The van der Waals surface area contributed by atoms with Crippen molar-refractivity contribution in [3.8, 4) is 0 Å². The van der Waals surface area contributed by atoms with Gasteiger partial charge in [-0.3, -0.25) is 0 Å². The first-order chi connectivity index (χ1) is 9.86. The number of methoxy groups -OCH3 is 1. The van der Waals surface area contributed by atoms with Crippen molar-refractivity contribution in [2.45, 2.75) is 13.2 Å². The van der Waals surface area contributed by atoms with Gasteiger partial charge < -0.3 is 10.1 Å². The Kier molecular flexibility index (Phi) is 3.65. The van der Waals surface area contributed by atoms with E-state index in [2.05, 4.69) is 34.7 Å². The van der Waals surface area contributed by atoms with Crippen LogP contribution in [0.3, 0.4) is 0 Å². The molecule has 0 unspecified atom stereocenters. The summed E-state index contributed by atoms with van der Waals surface area (Å²) in [5.41, 5.74) is 4.57. The molecule has 0 atom stereocenters. The molecule has 20 heavy (non-hydrogen) atoms. The van der Waals surface area contributed by atoms with Gasteiger partial charge in [0.25, 0.3) is 0 Å². The fourth-order valence-corrected chi connectivity index (χ4v) is 2.26. The lowest BCUT2D eigenvalue weighted by molar-refractivity contribution is 0.185. The highest BCUT2D eigenvalue weighted by Gasteiger charge is 2.03. The average molecular weight is 267 g/mol. The lowest BCUT2D eigenvalue weighted by atomic mass is 10.2. The number of ether oxygens (including phenoxy) is 1. The van der Waals surface area contributed by atoms with Crippen LogP contribution in [0.4, 0.5) is 5.69 Å². The van der Waals surface area contributed by atoms with Crippen LogP contribution in [0.25, 0.3) is 5.52 Å². The number of aromatic nitrogens is 2. The number of pyridine rings is 1. The number of hydrogen-bond acceptors (Lipinski definition) is 3. The van der Waals surface area contributed by atoms with E-state index in [-0.39, 0.29) is 0 Å². The monoisotopic (exact) mass is 267 g/mol. The maximum absolute atomic E-state index is 5.15. The molecule has 0 amide bonds. The molecule has 2 heterocycles. The van der Waals surface area contributed by atoms with Crippen LogP contribution in [-0.4, -0.2) is 16.7 Å². The summed E-state index contributed by atoms with van der Waals surface area (Å²) in [6.07, 6.45) is 3.86. The number of benzene rings is 1. The molecule has 0 aliphatic carbocycles. The van der Waals surface area contributed by atoms with Gasteiger partial charge in [0.2, 0.25) is 0 Å². The summed E-state index contributed by atoms with van der Waals surface area (Å²) < 4.78 is 7.04. The fourth-order valence-electron chi connectivity index (χ4n) is 2.26. The molecule has 1 N–H and O–H groups in total. The summed E-state index contributed by atoms with van der Waals surface area (Å²) >= 11 is 0. The summed E-state index contributed by atoms with van der Waals surface area (Å²) in [7, 11) is 1.71. The van der Waals surface area contributed by atoms with Crippen LogP contribution in [0.1, 0.15) is 11.1 Å². The lowest BCUT2D eigenvalue weighted by Crippen LogP contribution is -2.00. The summed E-state index contributed by atoms with van der Waals surface area (Å²) in [6, 6.07) is 14.3. The molecule has 4 heteroatoms. The van der Waals surface area contributed by atoms with Gasteiger partial charge in [-0.25, -0.2) is 4.52 Å². The number of anilines is 1. The third-order valence-electron chi connectivity index (χ3n) is 3.23. The van der Waals surface area contributed by atoms with E-state index in [9.17, 15) is 0 Å². The Morgan fingerprint density at radius 3 is 3.05 bits per heavy atom. The van der Waals surface area contributed by atoms with Crippen LogP contribution in [0.2, 0.25) is 0 Å². The van der Waals surface area contributed by atoms with E-state index in [4.69, 9.17) is 4.74 Å². The van der Waals surface area contributed by atoms with Crippen LogP contribution < -0.4 is 5.32 Å². The second kappa shape index (κ2) is 5.75. The fraction of sp³-hybridized carbons (Fsp3) is 0.188. The Hall–Kier alpha value is -2.33. The standard InChI is InChI=1S/C16H17N3O/c1-20-12-13-5-4-6-15(9-13)17-10-14-11-18-19-8-3-2-7-16(14)19/h2-9,11,17H,10,12H2,1H3. The van der Waals surface area contributed by atoms with Crippen molar-refractivity contribution in [1.29, 1.82) is 0 Å². The topological polar surface area (TPSA) is 38.6 Å². The minimum absolute atomic E-state index is 0.631. The van der Waals surface area contributed by atoms with Crippen molar-refractivity contribution in [3.05, 3.63) is 66.0 Å². The first kappa shape index (κ1) is 12.7. The molecule has 0 radical (unpaired) electrons. The minimum Gasteiger partial charge on any atom is -0.381 e. The van der Waals surface area contributed by atoms with Crippen LogP contribution in [-0.2, 0) is 17.9 Å². The van der Waals surface area contributed by atoms with Gasteiger partial charge in [0.1, 0.15) is 0 Å². The van der Waals surface area contributed by atoms with E-state index in [1.807, 2.05) is 35.1 Å². The van der Waals surface area contributed by atoms with Crippen molar-refractivity contribution in [2.75, 3.05) is 12.4 Å². The van der Waals surface area contributed by atoms with E-state index in [1.54, 1.807) is 7.11 Å². The first-order valence-corrected chi connectivity index (χ1v) is 6.60. The van der Waals surface area contributed by atoms with Crippen LogP contribution in [0, 0.1) is 0 Å². The van der Waals surface area contributed by atoms with Crippen LogP contribution in [0.15, 0.2) is 54.9 Å². The summed E-state index contributed by atoms with van der Waals surface area (Å²) in [5.74, 6) is 0. The third kappa shape index (κ3) is 2.65. The molecule has 0 fully saturated rings. The van der Waals surface area contributed by atoms with E-state index >= 15 is 0 Å². The molecule has 0 spiro atoms. The summed E-state index contributed by atoms with van der Waals surface area (Å²) in [5, 5.41) is 7.76. The molecule has 2 aromatic heterocycles. The highest BCUT2D eigenvalue weighted by atomic mass is 16.5. The molecule has 102 valence electrons. The molecule has 0 saturated heterocycles. The van der Waals surface area contributed by atoms with Gasteiger partial charge in [0, 0.05) is 31.1 Å². The second-order valence-corrected chi connectivity index (χ2v) is 4.69. The van der Waals surface area contributed by atoms with Gasteiger partial charge in [-0.1, -0.05) is 18.2 Å². The highest BCUT2D eigenvalue weighted by molar-refractivity contribution is 5.55. The molecule has 1 aromatic carbocycles. The van der Waals surface area contributed by atoms with E-state index in [1.165, 1.54) is 5.56 Å². The zero-order chi connectivity index (χ0) is 13.8. The number of nitrogens with one attached hydrogen (secondary N) is 1. The molecular weight excluding hydrogens is 250 g/mol. The van der Waals surface area contributed by atoms with Gasteiger partial charge in [-0.2, -0.15) is 5.10 Å². The molecule has 0 saturated carbocycles. The largest absolute Gasteiger partial charge is 0.381 e. The molecule has 3 rings (SSSR count). The van der Waals surface area contributed by atoms with E-state index < -0.39 is 0 Å². The second-order valence-electron chi connectivity index (χ2n) is 4.69.